The smallest absolute Gasteiger partial charge is 0.294 e. The van der Waals surface area contributed by atoms with Crippen LogP contribution in [0.15, 0.2) is 48.7 Å². The maximum Gasteiger partial charge on any atom is 0.294 e. The summed E-state index contributed by atoms with van der Waals surface area (Å²) in [5.74, 6) is 0.864. The van der Waals surface area contributed by atoms with Crippen LogP contribution in [-0.2, 0) is 12.8 Å². The minimum absolute atomic E-state index is 0.0493. The Hall–Kier alpha value is -3.22. The number of hydrogen-bond donors (Lipinski definition) is 1. The molecule has 2 aromatic heterocycles. The number of nitro groups is 1. The van der Waals surface area contributed by atoms with Crippen LogP contribution >= 0.6 is 0 Å². The average Bonchev–Trinajstić information content (AvgIpc) is 2.83. The Balaban J connectivity index is 1.84. The highest BCUT2D eigenvalue weighted by molar-refractivity contribution is 5.60. The molecule has 0 atom stereocenters. The fraction of sp³-hybridized carbons (Fsp3) is 0.263. The second kappa shape index (κ2) is 6.95. The molecular weight excluding hydrogens is 330 g/mol. The molecule has 1 aliphatic heterocycles. The second-order valence-corrected chi connectivity index (χ2v) is 6.31. The van der Waals surface area contributed by atoms with Gasteiger partial charge in [0.05, 0.1) is 10.6 Å². The number of hydrogen-bond acceptors (Lipinski definition) is 5. The van der Waals surface area contributed by atoms with Crippen LogP contribution in [0.2, 0.25) is 0 Å². The fourth-order valence-corrected chi connectivity index (χ4v) is 3.36. The third-order valence-corrected chi connectivity index (χ3v) is 4.59. The van der Waals surface area contributed by atoms with Gasteiger partial charge in [-0.25, -0.2) is 4.68 Å². The molecule has 0 fully saturated rings. The summed E-state index contributed by atoms with van der Waals surface area (Å²) in [7, 11) is 0. The van der Waals surface area contributed by atoms with Gasteiger partial charge in [0.2, 0.25) is 0 Å². The topological polar surface area (TPSA) is 85.9 Å². The van der Waals surface area contributed by atoms with Crippen LogP contribution < -0.4 is 5.32 Å². The Bertz CT molecular complexity index is 936. The Morgan fingerprint density at radius 3 is 2.81 bits per heavy atom. The first-order valence-corrected chi connectivity index (χ1v) is 8.72. The summed E-state index contributed by atoms with van der Waals surface area (Å²) in [6.45, 7) is 0.836. The van der Waals surface area contributed by atoms with Crippen molar-refractivity contribution in [3.63, 3.8) is 0 Å². The van der Waals surface area contributed by atoms with E-state index in [2.05, 4.69) is 10.3 Å². The number of rotatable bonds is 4. The van der Waals surface area contributed by atoms with Gasteiger partial charge in [0.25, 0.3) is 5.69 Å². The number of nitrogens with one attached hydrogen (secondary N) is 1. The third kappa shape index (κ3) is 3.03. The predicted octanol–water partition coefficient (Wildman–Crippen LogP) is 3.51. The van der Waals surface area contributed by atoms with Crippen molar-refractivity contribution in [1.82, 2.24) is 14.8 Å². The molecule has 0 saturated heterocycles. The van der Waals surface area contributed by atoms with Crippen LogP contribution in [0.4, 0.5) is 11.5 Å². The summed E-state index contributed by atoms with van der Waals surface area (Å²) in [6, 6.07) is 12.5. The lowest BCUT2D eigenvalue weighted by atomic mass is 10.1. The van der Waals surface area contributed by atoms with E-state index in [9.17, 15) is 10.1 Å². The second-order valence-electron chi connectivity index (χ2n) is 6.31. The number of para-hydroxylation sites is 2. The fourth-order valence-electron chi connectivity index (χ4n) is 3.36. The highest BCUT2D eigenvalue weighted by Crippen LogP contribution is 2.32. The lowest BCUT2D eigenvalue weighted by molar-refractivity contribution is -0.384. The largest absolute Gasteiger partial charge is 0.370 e. The molecule has 0 aliphatic carbocycles. The molecule has 4 rings (SSSR count). The molecule has 26 heavy (non-hydrogen) atoms. The number of aromatic nitrogens is 3. The van der Waals surface area contributed by atoms with Gasteiger partial charge >= 0.3 is 0 Å². The zero-order chi connectivity index (χ0) is 17.9. The molecule has 7 nitrogen and oxygen atoms in total. The minimum atomic E-state index is -0.363. The summed E-state index contributed by atoms with van der Waals surface area (Å²) in [4.78, 5) is 15.5. The molecule has 0 radical (unpaired) electrons. The van der Waals surface area contributed by atoms with Crippen LogP contribution in [0.5, 0.6) is 0 Å². The van der Waals surface area contributed by atoms with Crippen molar-refractivity contribution in [3.8, 4) is 5.69 Å². The van der Waals surface area contributed by atoms with Crippen LogP contribution in [-0.4, -0.2) is 26.2 Å². The molecule has 0 bridgehead atoms. The zero-order valence-electron chi connectivity index (χ0n) is 14.3. The number of pyridine rings is 1. The molecule has 0 spiro atoms. The zero-order valence-corrected chi connectivity index (χ0v) is 14.3. The van der Waals surface area contributed by atoms with E-state index in [-0.39, 0.29) is 10.6 Å². The van der Waals surface area contributed by atoms with E-state index < -0.39 is 0 Å². The van der Waals surface area contributed by atoms with Crippen molar-refractivity contribution < 1.29 is 4.92 Å². The van der Waals surface area contributed by atoms with Crippen LogP contribution in [0.25, 0.3) is 5.69 Å². The average molecular weight is 349 g/mol. The standard InChI is InChI=1S/C19H19N5O2/c25-24(26)18-10-2-1-9-17(18)23-19-15(8-4-6-12-21-19)16(22-23)13-14-7-3-5-11-20-14/h1-3,5,7,9-11,21H,4,6,8,12-13H2. The first-order chi connectivity index (χ1) is 12.7. The summed E-state index contributed by atoms with van der Waals surface area (Å²) in [5.41, 5.74) is 3.52. The van der Waals surface area contributed by atoms with Crippen molar-refractivity contribution in [3.05, 3.63) is 75.7 Å². The molecule has 3 aromatic rings. The Labute approximate surface area is 150 Å². The lowest BCUT2D eigenvalue weighted by Gasteiger charge is -2.09. The van der Waals surface area contributed by atoms with E-state index in [1.54, 1.807) is 29.1 Å². The van der Waals surface area contributed by atoms with Gasteiger partial charge in [-0.15, -0.1) is 0 Å². The van der Waals surface area contributed by atoms with E-state index in [4.69, 9.17) is 5.10 Å². The normalized spacial score (nSPS) is 13.5. The molecule has 132 valence electrons. The van der Waals surface area contributed by atoms with Crippen LogP contribution in [0, 0.1) is 10.1 Å². The highest BCUT2D eigenvalue weighted by Gasteiger charge is 2.24. The molecule has 3 heterocycles. The van der Waals surface area contributed by atoms with Crippen molar-refractivity contribution in [2.24, 2.45) is 0 Å². The SMILES string of the molecule is O=[N+]([O-])c1ccccc1-n1nc(Cc2ccccn2)c2c1NCCCC2. The Morgan fingerprint density at radius 1 is 1.15 bits per heavy atom. The van der Waals surface area contributed by atoms with Gasteiger partial charge in [-0.05, 0) is 37.5 Å². The molecule has 1 N–H and O–H groups in total. The first kappa shape index (κ1) is 16.3. The van der Waals surface area contributed by atoms with Gasteiger partial charge in [-0.2, -0.15) is 5.10 Å². The number of fused-ring (bicyclic) bond motifs is 1. The molecule has 7 heteroatoms. The molecule has 0 unspecified atom stereocenters. The molecular formula is C19H19N5O2. The maximum absolute atomic E-state index is 11.5. The van der Waals surface area contributed by atoms with Crippen molar-refractivity contribution in [2.75, 3.05) is 11.9 Å². The monoisotopic (exact) mass is 349 g/mol. The van der Waals surface area contributed by atoms with Gasteiger partial charge < -0.3 is 5.32 Å². The molecule has 1 aliphatic rings. The summed E-state index contributed by atoms with van der Waals surface area (Å²) < 4.78 is 1.69. The number of benzene rings is 1. The van der Waals surface area contributed by atoms with Crippen molar-refractivity contribution in [1.29, 1.82) is 0 Å². The van der Waals surface area contributed by atoms with Crippen LogP contribution in [0.1, 0.15) is 29.8 Å². The minimum Gasteiger partial charge on any atom is -0.370 e. The molecule has 0 amide bonds. The summed E-state index contributed by atoms with van der Waals surface area (Å²) >= 11 is 0. The van der Waals surface area contributed by atoms with Crippen LogP contribution in [0.3, 0.4) is 0 Å². The van der Waals surface area contributed by atoms with E-state index in [0.29, 0.717) is 12.1 Å². The van der Waals surface area contributed by atoms with E-state index in [1.807, 2.05) is 18.2 Å². The van der Waals surface area contributed by atoms with Gasteiger partial charge in [0, 0.05) is 36.5 Å². The molecule has 0 saturated carbocycles. The maximum atomic E-state index is 11.5. The Morgan fingerprint density at radius 2 is 2.00 bits per heavy atom. The molecule has 1 aromatic carbocycles. The van der Waals surface area contributed by atoms with Gasteiger partial charge in [0.15, 0.2) is 0 Å². The van der Waals surface area contributed by atoms with Gasteiger partial charge in [-0.1, -0.05) is 18.2 Å². The quantitative estimate of drug-likeness (QED) is 0.575. The van der Waals surface area contributed by atoms with Gasteiger partial charge in [0.1, 0.15) is 11.5 Å². The number of nitro benzene ring substituents is 1. The predicted molar refractivity (Wildman–Crippen MR) is 98.7 cm³/mol. The third-order valence-electron chi connectivity index (χ3n) is 4.59. The number of anilines is 1. The highest BCUT2D eigenvalue weighted by atomic mass is 16.6. The summed E-state index contributed by atoms with van der Waals surface area (Å²) in [5, 5.41) is 19.6. The first-order valence-electron chi connectivity index (χ1n) is 8.72. The van der Waals surface area contributed by atoms with E-state index in [0.717, 1.165) is 48.6 Å². The van der Waals surface area contributed by atoms with Crippen molar-refractivity contribution in [2.45, 2.75) is 25.7 Å². The van der Waals surface area contributed by atoms with Crippen molar-refractivity contribution >= 4 is 11.5 Å². The van der Waals surface area contributed by atoms with E-state index in [1.165, 1.54) is 6.07 Å². The number of nitrogens with zero attached hydrogens (tertiary/aromatic N) is 4. The Kier molecular flexibility index (Phi) is 4.35. The lowest BCUT2D eigenvalue weighted by Crippen LogP contribution is -2.08. The van der Waals surface area contributed by atoms with E-state index >= 15 is 0 Å². The summed E-state index contributed by atoms with van der Waals surface area (Å²) in [6.07, 6.45) is 5.42. The van der Waals surface area contributed by atoms with Gasteiger partial charge in [-0.3, -0.25) is 15.1 Å².